The molecule has 0 unspecified atom stereocenters. The Kier molecular flexibility index (Phi) is 1.24. The molecule has 2 heteroatoms. The number of carbonyl (C=O) groups excluding carboxylic acids is 1. The summed E-state index contributed by atoms with van der Waals surface area (Å²) in [6.45, 7) is 4.54. The fraction of sp³-hybridized carbons (Fsp3) is 0.833. The summed E-state index contributed by atoms with van der Waals surface area (Å²) in [4.78, 5) is 10.6. The first-order chi connectivity index (χ1) is 3.72. The molecule has 0 spiro atoms. The van der Waals surface area contributed by atoms with E-state index in [1.807, 2.05) is 13.8 Å². The van der Waals surface area contributed by atoms with Crippen LogP contribution in [0.4, 0.5) is 0 Å². The van der Waals surface area contributed by atoms with Crippen molar-refractivity contribution in [3.63, 3.8) is 0 Å². The molecule has 1 fully saturated rings. The number of esters is 1. The van der Waals surface area contributed by atoms with Crippen molar-refractivity contribution in [1.29, 1.82) is 0 Å². The highest BCUT2D eigenvalue weighted by Crippen LogP contribution is 2.19. The van der Waals surface area contributed by atoms with Crippen LogP contribution in [0.2, 0.25) is 0 Å². The summed E-state index contributed by atoms with van der Waals surface area (Å²) in [6.07, 6.45) is 0. The standard InChI is InChI=1S/C6H10O2/c1-4-3-8-6(7)5(4)2/h4-5H,3H2,1-2H3/t4-,5-/m1/s1. The van der Waals surface area contributed by atoms with Crippen molar-refractivity contribution in [1.82, 2.24) is 0 Å². The molecule has 1 saturated heterocycles. The van der Waals surface area contributed by atoms with Gasteiger partial charge in [-0.05, 0) is 0 Å². The lowest BCUT2D eigenvalue weighted by Gasteiger charge is -1.98. The van der Waals surface area contributed by atoms with E-state index < -0.39 is 0 Å². The number of ether oxygens (including phenoxy) is 1. The van der Waals surface area contributed by atoms with Crippen LogP contribution in [0.3, 0.4) is 0 Å². The minimum absolute atomic E-state index is 0.0440. The van der Waals surface area contributed by atoms with E-state index in [2.05, 4.69) is 0 Å². The molecule has 0 radical (unpaired) electrons. The second-order valence-electron chi connectivity index (χ2n) is 2.40. The molecule has 46 valence electrons. The van der Waals surface area contributed by atoms with Crippen molar-refractivity contribution in [2.45, 2.75) is 13.8 Å². The van der Waals surface area contributed by atoms with Crippen molar-refractivity contribution in [2.24, 2.45) is 11.8 Å². The lowest BCUT2D eigenvalue weighted by Crippen LogP contribution is -2.07. The zero-order valence-corrected chi connectivity index (χ0v) is 5.18. The zero-order valence-electron chi connectivity index (χ0n) is 5.18. The number of hydrogen-bond acceptors (Lipinski definition) is 2. The van der Waals surface area contributed by atoms with E-state index in [4.69, 9.17) is 4.74 Å². The molecule has 0 saturated carbocycles. The van der Waals surface area contributed by atoms with Gasteiger partial charge in [-0.3, -0.25) is 4.79 Å². The fourth-order valence-electron chi connectivity index (χ4n) is 0.722. The lowest BCUT2D eigenvalue weighted by atomic mass is 10.0. The van der Waals surface area contributed by atoms with Crippen LogP contribution in [0.25, 0.3) is 0 Å². The Labute approximate surface area is 48.8 Å². The van der Waals surface area contributed by atoms with Gasteiger partial charge >= 0.3 is 5.97 Å². The van der Waals surface area contributed by atoms with Crippen molar-refractivity contribution < 1.29 is 9.53 Å². The molecule has 0 aromatic heterocycles. The molecule has 1 rings (SSSR count). The number of carbonyl (C=O) groups is 1. The van der Waals surface area contributed by atoms with Crippen molar-refractivity contribution in [3.8, 4) is 0 Å². The molecule has 0 amide bonds. The van der Waals surface area contributed by atoms with E-state index in [1.165, 1.54) is 0 Å². The van der Waals surface area contributed by atoms with Gasteiger partial charge in [0.2, 0.25) is 0 Å². The number of rotatable bonds is 0. The first-order valence-corrected chi connectivity index (χ1v) is 2.88. The van der Waals surface area contributed by atoms with E-state index >= 15 is 0 Å². The van der Waals surface area contributed by atoms with E-state index in [0.717, 1.165) is 0 Å². The van der Waals surface area contributed by atoms with E-state index in [-0.39, 0.29) is 11.9 Å². The third kappa shape index (κ3) is 0.703. The van der Waals surface area contributed by atoms with Gasteiger partial charge in [-0.15, -0.1) is 0 Å². The average molecular weight is 114 g/mol. The quantitative estimate of drug-likeness (QED) is 0.436. The minimum Gasteiger partial charge on any atom is -0.465 e. The Morgan fingerprint density at radius 2 is 2.25 bits per heavy atom. The highest BCUT2D eigenvalue weighted by molar-refractivity contribution is 5.74. The second kappa shape index (κ2) is 1.77. The van der Waals surface area contributed by atoms with Crippen LogP contribution >= 0.6 is 0 Å². The molecule has 2 nitrogen and oxygen atoms in total. The molecular formula is C6H10O2. The van der Waals surface area contributed by atoms with E-state index in [0.29, 0.717) is 12.5 Å². The Morgan fingerprint density at radius 1 is 1.62 bits per heavy atom. The first-order valence-electron chi connectivity index (χ1n) is 2.88. The van der Waals surface area contributed by atoms with Gasteiger partial charge in [0.1, 0.15) is 0 Å². The molecular weight excluding hydrogens is 104 g/mol. The average Bonchev–Trinajstić information content (AvgIpc) is 1.98. The summed E-state index contributed by atoms with van der Waals surface area (Å²) in [6, 6.07) is 0. The van der Waals surface area contributed by atoms with Gasteiger partial charge in [-0.2, -0.15) is 0 Å². The highest BCUT2D eigenvalue weighted by atomic mass is 16.5. The normalized spacial score (nSPS) is 37.5. The van der Waals surface area contributed by atoms with E-state index in [9.17, 15) is 4.79 Å². The molecule has 0 aromatic rings. The largest absolute Gasteiger partial charge is 0.465 e. The molecule has 0 bridgehead atoms. The van der Waals surface area contributed by atoms with Gasteiger partial charge in [0.15, 0.2) is 0 Å². The summed E-state index contributed by atoms with van der Waals surface area (Å²) >= 11 is 0. The summed E-state index contributed by atoms with van der Waals surface area (Å²) in [5, 5.41) is 0. The van der Waals surface area contributed by atoms with Gasteiger partial charge < -0.3 is 4.74 Å². The number of cyclic esters (lactones) is 1. The Balaban J connectivity index is 2.56. The monoisotopic (exact) mass is 114 g/mol. The van der Waals surface area contributed by atoms with Crippen LogP contribution in [0, 0.1) is 11.8 Å². The van der Waals surface area contributed by atoms with Crippen molar-refractivity contribution in [3.05, 3.63) is 0 Å². The predicted octanol–water partition coefficient (Wildman–Crippen LogP) is 0.815. The Morgan fingerprint density at radius 3 is 2.38 bits per heavy atom. The maximum atomic E-state index is 10.6. The lowest BCUT2D eigenvalue weighted by molar-refractivity contribution is -0.140. The maximum absolute atomic E-state index is 10.6. The molecule has 1 aliphatic rings. The SMILES string of the molecule is C[C@@H]1COC(=O)[C@@H]1C. The third-order valence-corrected chi connectivity index (χ3v) is 1.71. The van der Waals surface area contributed by atoms with Crippen molar-refractivity contribution in [2.75, 3.05) is 6.61 Å². The number of hydrogen-bond donors (Lipinski definition) is 0. The van der Waals surface area contributed by atoms with Crippen LogP contribution in [0.15, 0.2) is 0 Å². The van der Waals surface area contributed by atoms with Gasteiger partial charge in [-0.1, -0.05) is 13.8 Å². The summed E-state index contributed by atoms with van der Waals surface area (Å²) < 4.78 is 4.74. The molecule has 1 aliphatic heterocycles. The summed E-state index contributed by atoms with van der Waals surface area (Å²) in [5.74, 6) is 0.495. The van der Waals surface area contributed by atoms with Crippen LogP contribution in [-0.2, 0) is 9.53 Å². The molecule has 2 atom stereocenters. The van der Waals surface area contributed by atoms with Crippen LogP contribution < -0.4 is 0 Å². The summed E-state index contributed by atoms with van der Waals surface area (Å²) in [5.41, 5.74) is 0. The summed E-state index contributed by atoms with van der Waals surface area (Å²) in [7, 11) is 0. The Bertz CT molecular complexity index is 109. The molecule has 0 aromatic carbocycles. The van der Waals surface area contributed by atoms with Gasteiger partial charge in [0.05, 0.1) is 12.5 Å². The Hall–Kier alpha value is -0.530. The zero-order chi connectivity index (χ0) is 6.15. The van der Waals surface area contributed by atoms with Crippen LogP contribution in [0.5, 0.6) is 0 Å². The maximum Gasteiger partial charge on any atom is 0.309 e. The van der Waals surface area contributed by atoms with Gasteiger partial charge in [0, 0.05) is 5.92 Å². The highest BCUT2D eigenvalue weighted by Gasteiger charge is 2.28. The predicted molar refractivity (Wildman–Crippen MR) is 29.3 cm³/mol. The van der Waals surface area contributed by atoms with Gasteiger partial charge in [0.25, 0.3) is 0 Å². The first kappa shape index (κ1) is 5.60. The molecule has 1 heterocycles. The smallest absolute Gasteiger partial charge is 0.309 e. The third-order valence-electron chi connectivity index (χ3n) is 1.71. The van der Waals surface area contributed by atoms with Gasteiger partial charge in [-0.25, -0.2) is 0 Å². The minimum atomic E-state index is -0.0440. The second-order valence-corrected chi connectivity index (χ2v) is 2.40. The molecule has 0 N–H and O–H groups in total. The topological polar surface area (TPSA) is 26.3 Å². The molecule has 0 aliphatic carbocycles. The molecule has 8 heavy (non-hydrogen) atoms. The van der Waals surface area contributed by atoms with E-state index in [1.54, 1.807) is 0 Å². The van der Waals surface area contributed by atoms with Crippen LogP contribution in [0.1, 0.15) is 13.8 Å². The van der Waals surface area contributed by atoms with Crippen molar-refractivity contribution >= 4 is 5.97 Å². The fourth-order valence-corrected chi connectivity index (χ4v) is 0.722. The van der Waals surface area contributed by atoms with Crippen LogP contribution in [-0.4, -0.2) is 12.6 Å².